The molecule has 1 aliphatic carbocycles. The number of nitrogens with one attached hydrogen (secondary N) is 1. The Bertz CT molecular complexity index is 868. The van der Waals surface area contributed by atoms with Crippen molar-refractivity contribution < 1.29 is 23.8 Å². The number of ether oxygens (including phenoxy) is 3. The molecule has 0 spiro atoms. The number of hydrogen-bond acceptors (Lipinski definition) is 6. The van der Waals surface area contributed by atoms with Crippen LogP contribution in [0, 0.1) is 11.3 Å². The Morgan fingerprint density at radius 1 is 1.14 bits per heavy atom. The minimum absolute atomic E-state index is 0.0416. The second-order valence-electron chi connectivity index (χ2n) is 8.08. The van der Waals surface area contributed by atoms with Crippen LogP contribution in [0.1, 0.15) is 38.2 Å². The SMILES string of the molecule is C=C1NC2=C(C(=O)CC(C)(C)C2)C(c2ccc(OC)c(OC)c2)C1C(=O)OC. The normalized spacial score (nSPS) is 23.6. The van der Waals surface area contributed by atoms with Crippen molar-refractivity contribution in [2.45, 2.75) is 32.6 Å². The summed E-state index contributed by atoms with van der Waals surface area (Å²) in [5.41, 5.74) is 2.65. The lowest BCUT2D eigenvalue weighted by Gasteiger charge is -2.42. The summed E-state index contributed by atoms with van der Waals surface area (Å²) < 4.78 is 15.8. The quantitative estimate of drug-likeness (QED) is 0.802. The zero-order valence-corrected chi connectivity index (χ0v) is 17.0. The molecule has 1 aliphatic heterocycles. The van der Waals surface area contributed by atoms with Crippen molar-refractivity contribution in [1.82, 2.24) is 5.32 Å². The van der Waals surface area contributed by atoms with Gasteiger partial charge in [0.15, 0.2) is 17.3 Å². The predicted octanol–water partition coefficient (Wildman–Crippen LogP) is 3.34. The lowest BCUT2D eigenvalue weighted by Crippen LogP contribution is -2.43. The van der Waals surface area contributed by atoms with Crippen molar-refractivity contribution >= 4 is 11.8 Å². The number of methoxy groups -OCH3 is 3. The fourth-order valence-corrected chi connectivity index (χ4v) is 4.26. The van der Waals surface area contributed by atoms with E-state index < -0.39 is 17.8 Å². The number of ketones is 1. The first kappa shape index (κ1) is 20.0. The third-order valence-corrected chi connectivity index (χ3v) is 5.47. The molecule has 0 saturated carbocycles. The van der Waals surface area contributed by atoms with Crippen LogP contribution in [0.3, 0.4) is 0 Å². The molecule has 6 nitrogen and oxygen atoms in total. The predicted molar refractivity (Wildman–Crippen MR) is 105 cm³/mol. The molecular weight excluding hydrogens is 358 g/mol. The minimum Gasteiger partial charge on any atom is -0.493 e. The molecule has 0 fully saturated rings. The number of benzene rings is 1. The first-order valence-corrected chi connectivity index (χ1v) is 9.24. The van der Waals surface area contributed by atoms with Gasteiger partial charge in [0, 0.05) is 29.3 Å². The fourth-order valence-electron chi connectivity index (χ4n) is 4.26. The second-order valence-corrected chi connectivity index (χ2v) is 8.08. The molecule has 2 aliphatic rings. The summed E-state index contributed by atoms with van der Waals surface area (Å²) in [6, 6.07) is 5.46. The highest BCUT2D eigenvalue weighted by Crippen LogP contribution is 2.49. The van der Waals surface area contributed by atoms with E-state index in [1.54, 1.807) is 20.3 Å². The van der Waals surface area contributed by atoms with Gasteiger partial charge in [-0.2, -0.15) is 0 Å². The molecule has 2 atom stereocenters. The molecule has 0 aromatic heterocycles. The van der Waals surface area contributed by atoms with E-state index in [0.29, 0.717) is 35.6 Å². The van der Waals surface area contributed by atoms with E-state index in [1.165, 1.54) is 7.11 Å². The van der Waals surface area contributed by atoms with Gasteiger partial charge in [-0.25, -0.2) is 0 Å². The van der Waals surface area contributed by atoms with Crippen LogP contribution in [0.25, 0.3) is 0 Å². The molecule has 0 saturated heterocycles. The molecule has 1 aromatic rings. The molecule has 0 radical (unpaired) electrons. The van der Waals surface area contributed by atoms with Crippen LogP contribution < -0.4 is 14.8 Å². The van der Waals surface area contributed by atoms with E-state index in [2.05, 4.69) is 25.7 Å². The average Bonchev–Trinajstić information content (AvgIpc) is 2.64. The molecule has 2 unspecified atom stereocenters. The van der Waals surface area contributed by atoms with Crippen molar-refractivity contribution in [1.29, 1.82) is 0 Å². The Labute approximate surface area is 165 Å². The molecule has 150 valence electrons. The third kappa shape index (κ3) is 3.39. The van der Waals surface area contributed by atoms with Gasteiger partial charge in [-0.15, -0.1) is 0 Å². The molecule has 6 heteroatoms. The summed E-state index contributed by atoms with van der Waals surface area (Å²) in [6.45, 7) is 8.20. The summed E-state index contributed by atoms with van der Waals surface area (Å²) in [6.07, 6.45) is 1.14. The summed E-state index contributed by atoms with van der Waals surface area (Å²) in [5.74, 6) is -0.453. The molecule has 3 rings (SSSR count). The van der Waals surface area contributed by atoms with Gasteiger partial charge in [0.2, 0.25) is 0 Å². The average molecular weight is 385 g/mol. The van der Waals surface area contributed by atoms with Crippen LogP contribution in [0.4, 0.5) is 0 Å². The van der Waals surface area contributed by atoms with Crippen molar-refractivity contribution in [3.8, 4) is 11.5 Å². The van der Waals surface area contributed by atoms with Crippen LogP contribution in [-0.2, 0) is 14.3 Å². The Morgan fingerprint density at radius 3 is 2.43 bits per heavy atom. The molecule has 0 bridgehead atoms. The Hall–Kier alpha value is -2.76. The van der Waals surface area contributed by atoms with Crippen molar-refractivity contribution in [3.63, 3.8) is 0 Å². The van der Waals surface area contributed by atoms with E-state index in [9.17, 15) is 9.59 Å². The summed E-state index contributed by atoms with van der Waals surface area (Å²) >= 11 is 0. The number of esters is 1. The third-order valence-electron chi connectivity index (χ3n) is 5.47. The zero-order chi connectivity index (χ0) is 20.6. The van der Waals surface area contributed by atoms with Crippen LogP contribution in [0.2, 0.25) is 0 Å². The summed E-state index contributed by atoms with van der Waals surface area (Å²) in [7, 11) is 4.46. The highest BCUT2D eigenvalue weighted by atomic mass is 16.5. The van der Waals surface area contributed by atoms with Gasteiger partial charge < -0.3 is 19.5 Å². The molecule has 0 amide bonds. The van der Waals surface area contributed by atoms with Crippen molar-refractivity contribution in [2.75, 3.05) is 21.3 Å². The van der Waals surface area contributed by atoms with Gasteiger partial charge in [-0.05, 0) is 29.5 Å². The zero-order valence-electron chi connectivity index (χ0n) is 17.0. The number of hydrogen-bond donors (Lipinski definition) is 1. The van der Waals surface area contributed by atoms with Gasteiger partial charge >= 0.3 is 5.97 Å². The maximum Gasteiger partial charge on any atom is 0.315 e. The lowest BCUT2D eigenvalue weighted by atomic mass is 9.66. The molecule has 1 N–H and O–H groups in total. The van der Waals surface area contributed by atoms with E-state index in [4.69, 9.17) is 14.2 Å². The van der Waals surface area contributed by atoms with Crippen LogP contribution >= 0.6 is 0 Å². The maximum absolute atomic E-state index is 13.1. The molecule has 1 aromatic carbocycles. The van der Waals surface area contributed by atoms with Gasteiger partial charge in [-0.3, -0.25) is 9.59 Å². The Morgan fingerprint density at radius 2 is 1.82 bits per heavy atom. The van der Waals surface area contributed by atoms with Gasteiger partial charge in [0.1, 0.15) is 5.92 Å². The standard InChI is InChI=1S/C22H27NO5/c1-12-18(21(25)28-6)19(13-7-8-16(26-4)17(9-13)27-5)20-14(23-12)10-22(2,3)11-15(20)24/h7-9,18-19,23H,1,10-11H2,2-6H3. The van der Waals surface area contributed by atoms with E-state index >= 15 is 0 Å². The van der Waals surface area contributed by atoms with Gasteiger partial charge in [0.05, 0.1) is 21.3 Å². The maximum atomic E-state index is 13.1. The number of rotatable bonds is 4. The lowest BCUT2D eigenvalue weighted by molar-refractivity contribution is -0.144. The number of carbonyl (C=O) groups excluding carboxylic acids is 2. The van der Waals surface area contributed by atoms with Gasteiger partial charge in [-0.1, -0.05) is 26.5 Å². The highest BCUT2D eigenvalue weighted by Gasteiger charge is 2.46. The highest BCUT2D eigenvalue weighted by molar-refractivity contribution is 6.00. The number of Topliss-reactive ketones (excluding diaryl/α,β-unsaturated/α-hetero) is 1. The Kier molecular flexibility index (Phi) is 5.24. The first-order chi connectivity index (χ1) is 13.2. The largest absolute Gasteiger partial charge is 0.493 e. The van der Waals surface area contributed by atoms with Crippen LogP contribution in [0.5, 0.6) is 11.5 Å². The topological polar surface area (TPSA) is 73.9 Å². The second kappa shape index (κ2) is 7.34. The Balaban J connectivity index is 2.20. The number of carbonyl (C=O) groups is 2. The monoisotopic (exact) mass is 385 g/mol. The molecular formula is C22H27NO5. The van der Waals surface area contributed by atoms with E-state index in [-0.39, 0.29) is 11.2 Å². The molecule has 28 heavy (non-hydrogen) atoms. The van der Waals surface area contributed by atoms with Crippen molar-refractivity contribution in [3.05, 3.63) is 47.3 Å². The molecule has 1 heterocycles. The van der Waals surface area contributed by atoms with E-state index in [1.807, 2.05) is 12.1 Å². The summed E-state index contributed by atoms with van der Waals surface area (Å²) in [5, 5.41) is 3.23. The first-order valence-electron chi connectivity index (χ1n) is 9.24. The smallest absolute Gasteiger partial charge is 0.315 e. The summed E-state index contributed by atoms with van der Waals surface area (Å²) in [4.78, 5) is 25.8. The van der Waals surface area contributed by atoms with Crippen LogP contribution in [-0.4, -0.2) is 33.1 Å². The number of allylic oxidation sites excluding steroid dienone is 2. The van der Waals surface area contributed by atoms with Crippen LogP contribution in [0.15, 0.2) is 41.7 Å². The fraction of sp³-hybridized carbons (Fsp3) is 0.455. The van der Waals surface area contributed by atoms with E-state index in [0.717, 1.165) is 11.3 Å². The minimum atomic E-state index is -0.702. The van der Waals surface area contributed by atoms with Gasteiger partial charge in [0.25, 0.3) is 0 Å². The van der Waals surface area contributed by atoms with Crippen molar-refractivity contribution in [2.24, 2.45) is 11.3 Å².